The molecule has 4 heteroatoms. The van der Waals surface area contributed by atoms with Gasteiger partial charge >= 0.3 is 5.63 Å². The molecule has 0 spiro atoms. The molecule has 1 aromatic heterocycles. The average molecular weight is 232 g/mol. The van der Waals surface area contributed by atoms with Crippen molar-refractivity contribution in [3.8, 4) is 5.75 Å². The van der Waals surface area contributed by atoms with Crippen LogP contribution < -0.4 is 10.4 Å². The van der Waals surface area contributed by atoms with Gasteiger partial charge in [-0.05, 0) is 19.1 Å². The van der Waals surface area contributed by atoms with E-state index in [-0.39, 0.29) is 6.61 Å². The van der Waals surface area contributed by atoms with Crippen LogP contribution in [0, 0.1) is 6.92 Å². The molecule has 0 radical (unpaired) electrons. The Bertz CT molecular complexity index is 642. The van der Waals surface area contributed by atoms with Crippen molar-refractivity contribution in [2.24, 2.45) is 0 Å². The lowest BCUT2D eigenvalue weighted by Gasteiger charge is -2.21. The summed E-state index contributed by atoms with van der Waals surface area (Å²) in [4.78, 5) is 11.8. The summed E-state index contributed by atoms with van der Waals surface area (Å²) in [5.74, 6) is 0.560. The Hall–Kier alpha value is -1.81. The molecule has 1 aromatic carbocycles. The maximum absolute atomic E-state index is 11.8. The molecule has 1 aliphatic rings. The lowest BCUT2D eigenvalue weighted by molar-refractivity contribution is 0.0914. The zero-order valence-corrected chi connectivity index (χ0v) is 9.40. The number of fused-ring (bicyclic) bond motifs is 3. The van der Waals surface area contributed by atoms with Gasteiger partial charge in [0.15, 0.2) is 0 Å². The molecule has 3 rings (SSSR count). The molecule has 88 valence electrons. The van der Waals surface area contributed by atoms with Crippen LogP contribution in [-0.4, -0.2) is 17.8 Å². The van der Waals surface area contributed by atoms with E-state index >= 15 is 0 Å². The Morgan fingerprint density at radius 2 is 2.24 bits per heavy atom. The molecule has 0 fully saturated rings. The zero-order valence-electron chi connectivity index (χ0n) is 9.40. The number of benzene rings is 1. The highest BCUT2D eigenvalue weighted by Crippen LogP contribution is 2.31. The number of hydrogen-bond acceptors (Lipinski definition) is 4. The van der Waals surface area contributed by atoms with E-state index in [1.54, 1.807) is 6.07 Å². The van der Waals surface area contributed by atoms with Crippen LogP contribution in [0.4, 0.5) is 0 Å². The van der Waals surface area contributed by atoms with E-state index in [1.807, 2.05) is 19.1 Å². The van der Waals surface area contributed by atoms with Gasteiger partial charge in [-0.1, -0.05) is 11.6 Å². The highest BCUT2D eigenvalue weighted by Gasteiger charge is 2.24. The smallest absolute Gasteiger partial charge is 0.343 e. The maximum atomic E-state index is 11.8. The molecule has 2 heterocycles. The molecule has 1 aliphatic heterocycles. The number of aliphatic hydroxyl groups excluding tert-OH is 1. The van der Waals surface area contributed by atoms with Gasteiger partial charge < -0.3 is 14.3 Å². The minimum absolute atomic E-state index is 0.222. The fraction of sp³-hybridized carbons (Fsp3) is 0.308. The summed E-state index contributed by atoms with van der Waals surface area (Å²) in [6, 6.07) is 5.57. The monoisotopic (exact) mass is 232 g/mol. The highest BCUT2D eigenvalue weighted by molar-refractivity contribution is 5.85. The normalized spacial score (nSPS) is 18.8. The van der Waals surface area contributed by atoms with Crippen molar-refractivity contribution < 1.29 is 14.3 Å². The Kier molecular flexibility index (Phi) is 2.19. The first-order valence-electron chi connectivity index (χ1n) is 5.52. The molecule has 0 aliphatic carbocycles. The predicted octanol–water partition coefficient (Wildman–Crippen LogP) is 1.40. The van der Waals surface area contributed by atoms with Gasteiger partial charge in [0.1, 0.15) is 17.9 Å². The molecule has 1 unspecified atom stereocenters. The Balaban J connectivity index is 2.36. The molecule has 2 aromatic rings. The summed E-state index contributed by atoms with van der Waals surface area (Å²) >= 11 is 0. The second-order valence-corrected chi connectivity index (χ2v) is 4.37. The van der Waals surface area contributed by atoms with Crippen molar-refractivity contribution >= 4 is 11.0 Å². The minimum atomic E-state index is -0.632. The van der Waals surface area contributed by atoms with Crippen LogP contribution in [-0.2, 0) is 6.42 Å². The number of aryl methyl sites for hydroxylation is 1. The fourth-order valence-corrected chi connectivity index (χ4v) is 2.14. The van der Waals surface area contributed by atoms with E-state index in [4.69, 9.17) is 9.15 Å². The molecular formula is C13H12O4. The topological polar surface area (TPSA) is 59.7 Å². The number of aliphatic hydroxyl groups is 1. The van der Waals surface area contributed by atoms with Crippen molar-refractivity contribution in [1.29, 1.82) is 0 Å². The Labute approximate surface area is 97.4 Å². The second kappa shape index (κ2) is 3.60. The van der Waals surface area contributed by atoms with Crippen molar-refractivity contribution in [2.45, 2.75) is 19.4 Å². The molecule has 0 saturated carbocycles. The van der Waals surface area contributed by atoms with Gasteiger partial charge in [0.2, 0.25) is 0 Å². The molecule has 1 N–H and O–H groups in total. The van der Waals surface area contributed by atoms with Crippen LogP contribution in [0.3, 0.4) is 0 Å². The van der Waals surface area contributed by atoms with Crippen LogP contribution in [0.5, 0.6) is 5.75 Å². The number of ether oxygens (including phenoxy) is 1. The van der Waals surface area contributed by atoms with Gasteiger partial charge in [-0.3, -0.25) is 0 Å². The average Bonchev–Trinajstić information content (AvgIpc) is 2.30. The van der Waals surface area contributed by atoms with Crippen molar-refractivity contribution in [3.63, 3.8) is 0 Å². The third-order valence-electron chi connectivity index (χ3n) is 2.96. The summed E-state index contributed by atoms with van der Waals surface area (Å²) in [5.41, 5.74) is 1.61. The van der Waals surface area contributed by atoms with E-state index in [2.05, 4.69) is 0 Å². The van der Waals surface area contributed by atoms with Gasteiger partial charge in [0, 0.05) is 6.42 Å². The van der Waals surface area contributed by atoms with Crippen LogP contribution in [0.1, 0.15) is 11.1 Å². The summed E-state index contributed by atoms with van der Waals surface area (Å²) in [7, 11) is 0. The summed E-state index contributed by atoms with van der Waals surface area (Å²) in [5, 5.41) is 10.3. The van der Waals surface area contributed by atoms with Gasteiger partial charge in [-0.15, -0.1) is 0 Å². The minimum Gasteiger partial charge on any atom is -0.490 e. The van der Waals surface area contributed by atoms with Crippen LogP contribution in [0.25, 0.3) is 11.0 Å². The lowest BCUT2D eigenvalue weighted by atomic mass is 10.0. The maximum Gasteiger partial charge on any atom is 0.343 e. The highest BCUT2D eigenvalue weighted by atomic mass is 16.5. The predicted molar refractivity (Wildman–Crippen MR) is 62.4 cm³/mol. The van der Waals surface area contributed by atoms with E-state index in [9.17, 15) is 9.90 Å². The van der Waals surface area contributed by atoms with Gasteiger partial charge in [0.25, 0.3) is 0 Å². The molecule has 0 bridgehead atoms. The lowest BCUT2D eigenvalue weighted by Crippen LogP contribution is -2.29. The third kappa shape index (κ3) is 1.61. The first-order chi connectivity index (χ1) is 8.15. The quantitative estimate of drug-likeness (QED) is 0.697. The standard InChI is InChI=1S/C13H12O4/c1-7-2-3-11-9(4-7)12-10(13(15)17-11)5-8(14)6-16-12/h2-4,8,14H,5-6H2,1H3. The Morgan fingerprint density at radius 3 is 3.06 bits per heavy atom. The van der Waals surface area contributed by atoms with E-state index in [1.165, 1.54) is 0 Å². The molecule has 0 amide bonds. The Morgan fingerprint density at radius 1 is 1.41 bits per heavy atom. The SMILES string of the molecule is Cc1ccc2oc(=O)c3c(c2c1)OCC(O)C3. The van der Waals surface area contributed by atoms with E-state index < -0.39 is 11.7 Å². The van der Waals surface area contributed by atoms with Crippen molar-refractivity contribution in [3.05, 3.63) is 39.7 Å². The molecular weight excluding hydrogens is 220 g/mol. The van der Waals surface area contributed by atoms with Crippen LogP contribution in [0.15, 0.2) is 27.4 Å². The molecule has 17 heavy (non-hydrogen) atoms. The van der Waals surface area contributed by atoms with Crippen LogP contribution in [0.2, 0.25) is 0 Å². The van der Waals surface area contributed by atoms with Gasteiger partial charge in [-0.25, -0.2) is 4.79 Å². The summed E-state index contributed by atoms with van der Waals surface area (Å²) in [6.45, 7) is 2.19. The van der Waals surface area contributed by atoms with E-state index in [0.717, 1.165) is 10.9 Å². The number of hydrogen-bond donors (Lipinski definition) is 1. The zero-order chi connectivity index (χ0) is 12.0. The van der Waals surface area contributed by atoms with Crippen molar-refractivity contribution in [2.75, 3.05) is 6.61 Å². The second-order valence-electron chi connectivity index (χ2n) is 4.37. The first kappa shape index (κ1) is 10.4. The molecule has 0 saturated heterocycles. The third-order valence-corrected chi connectivity index (χ3v) is 2.96. The van der Waals surface area contributed by atoms with E-state index in [0.29, 0.717) is 23.3 Å². The largest absolute Gasteiger partial charge is 0.490 e. The van der Waals surface area contributed by atoms with Crippen molar-refractivity contribution in [1.82, 2.24) is 0 Å². The van der Waals surface area contributed by atoms with Crippen LogP contribution >= 0.6 is 0 Å². The molecule has 4 nitrogen and oxygen atoms in total. The fourth-order valence-electron chi connectivity index (χ4n) is 2.14. The van der Waals surface area contributed by atoms with Gasteiger partial charge in [-0.2, -0.15) is 0 Å². The summed E-state index contributed by atoms with van der Waals surface area (Å²) in [6.07, 6.45) is -0.339. The first-order valence-corrected chi connectivity index (χ1v) is 5.52. The molecule has 1 atom stereocenters. The summed E-state index contributed by atoms with van der Waals surface area (Å²) < 4.78 is 10.7. The van der Waals surface area contributed by atoms with Gasteiger partial charge in [0.05, 0.1) is 17.1 Å². The number of rotatable bonds is 0.